The Labute approximate surface area is 131 Å². The van der Waals surface area contributed by atoms with Gasteiger partial charge in [0.05, 0.1) is 6.61 Å². The van der Waals surface area contributed by atoms with Gasteiger partial charge in [0.25, 0.3) is 5.91 Å². The van der Waals surface area contributed by atoms with Crippen molar-refractivity contribution in [2.45, 2.75) is 32.7 Å². The van der Waals surface area contributed by atoms with Gasteiger partial charge in [0.2, 0.25) is 0 Å². The zero-order valence-corrected chi connectivity index (χ0v) is 13.9. The molecule has 118 valence electrons. The molecule has 0 aromatic carbocycles. The van der Waals surface area contributed by atoms with Crippen molar-refractivity contribution in [2.24, 2.45) is 0 Å². The fraction of sp³-hybridized carbons (Fsp3) is 0.600. The van der Waals surface area contributed by atoms with Gasteiger partial charge < -0.3 is 15.0 Å². The molecule has 0 atom stereocenters. The van der Waals surface area contributed by atoms with E-state index in [1.807, 2.05) is 4.90 Å². The molecule has 1 N–H and O–H groups in total. The summed E-state index contributed by atoms with van der Waals surface area (Å²) in [6.45, 7) is 5.25. The molecule has 0 bridgehead atoms. The fourth-order valence-corrected chi connectivity index (χ4v) is 2.49. The summed E-state index contributed by atoms with van der Waals surface area (Å²) >= 11 is 5.98. The van der Waals surface area contributed by atoms with Crippen LogP contribution in [-0.2, 0) is 4.74 Å². The number of methoxy groups -OCH3 is 1. The molecule has 0 radical (unpaired) electrons. The smallest absolute Gasteiger partial charge is 0.254 e. The van der Waals surface area contributed by atoms with Gasteiger partial charge in [0.15, 0.2) is 0 Å². The lowest BCUT2D eigenvalue weighted by Crippen LogP contribution is -2.41. The van der Waals surface area contributed by atoms with Crippen LogP contribution in [0.2, 0.25) is 5.15 Å². The number of amides is 1. The highest BCUT2D eigenvalue weighted by Crippen LogP contribution is 2.19. The number of nitrogens with zero attached hydrogens (tertiary/aromatic N) is 2. The van der Waals surface area contributed by atoms with Crippen molar-refractivity contribution in [3.8, 4) is 0 Å². The quantitative estimate of drug-likeness (QED) is 0.749. The summed E-state index contributed by atoms with van der Waals surface area (Å²) in [6.07, 6.45) is 1.81. The second kappa shape index (κ2) is 8.85. The number of anilines is 1. The topological polar surface area (TPSA) is 54.5 Å². The average molecular weight is 314 g/mol. The lowest BCUT2D eigenvalue weighted by molar-refractivity contribution is 0.0589. The summed E-state index contributed by atoms with van der Waals surface area (Å²) < 4.78 is 5.12. The van der Waals surface area contributed by atoms with Crippen molar-refractivity contribution in [1.29, 1.82) is 0 Å². The SMILES string of the molecule is CCC(CC)N(CCOC)C(=O)c1cc(Cl)nc(NC)c1. The predicted molar refractivity (Wildman–Crippen MR) is 86.1 cm³/mol. The molecule has 0 aliphatic rings. The third kappa shape index (κ3) is 4.86. The van der Waals surface area contributed by atoms with Crippen LogP contribution in [0.25, 0.3) is 0 Å². The van der Waals surface area contributed by atoms with E-state index in [1.54, 1.807) is 26.3 Å². The first-order valence-electron chi connectivity index (χ1n) is 7.22. The van der Waals surface area contributed by atoms with E-state index in [4.69, 9.17) is 16.3 Å². The number of pyridine rings is 1. The van der Waals surface area contributed by atoms with Crippen molar-refractivity contribution >= 4 is 23.3 Å². The summed E-state index contributed by atoms with van der Waals surface area (Å²) in [7, 11) is 3.38. The van der Waals surface area contributed by atoms with E-state index in [1.165, 1.54) is 0 Å². The van der Waals surface area contributed by atoms with Crippen LogP contribution >= 0.6 is 11.6 Å². The van der Waals surface area contributed by atoms with E-state index in [-0.39, 0.29) is 11.9 Å². The highest BCUT2D eigenvalue weighted by molar-refractivity contribution is 6.29. The normalized spacial score (nSPS) is 10.8. The molecule has 0 fully saturated rings. The summed E-state index contributed by atoms with van der Waals surface area (Å²) in [5, 5.41) is 3.22. The van der Waals surface area contributed by atoms with Gasteiger partial charge in [-0.15, -0.1) is 0 Å². The fourth-order valence-electron chi connectivity index (χ4n) is 2.28. The van der Waals surface area contributed by atoms with Crippen LogP contribution in [0.4, 0.5) is 5.82 Å². The molecule has 1 amide bonds. The number of hydrogen-bond donors (Lipinski definition) is 1. The third-order valence-electron chi connectivity index (χ3n) is 3.48. The maximum Gasteiger partial charge on any atom is 0.254 e. The number of carbonyl (C=O) groups is 1. The molecule has 1 heterocycles. The van der Waals surface area contributed by atoms with Crippen molar-refractivity contribution in [2.75, 3.05) is 32.6 Å². The molecule has 0 saturated carbocycles. The number of halogens is 1. The van der Waals surface area contributed by atoms with E-state index >= 15 is 0 Å². The largest absolute Gasteiger partial charge is 0.383 e. The van der Waals surface area contributed by atoms with Crippen molar-refractivity contribution in [3.63, 3.8) is 0 Å². The minimum absolute atomic E-state index is 0.0402. The van der Waals surface area contributed by atoms with E-state index in [0.29, 0.717) is 29.7 Å². The second-order valence-electron chi connectivity index (χ2n) is 4.78. The van der Waals surface area contributed by atoms with E-state index in [2.05, 4.69) is 24.1 Å². The maximum atomic E-state index is 12.8. The molecular weight excluding hydrogens is 290 g/mol. The molecule has 0 aliphatic heterocycles. The monoisotopic (exact) mass is 313 g/mol. The number of aromatic nitrogens is 1. The zero-order chi connectivity index (χ0) is 15.8. The summed E-state index contributed by atoms with van der Waals surface area (Å²) in [6, 6.07) is 3.51. The molecule has 0 saturated heterocycles. The molecule has 0 aliphatic carbocycles. The highest BCUT2D eigenvalue weighted by Gasteiger charge is 2.23. The van der Waals surface area contributed by atoms with Crippen molar-refractivity contribution in [1.82, 2.24) is 9.88 Å². The number of ether oxygens (including phenoxy) is 1. The predicted octanol–water partition coefficient (Wildman–Crippen LogP) is 3.05. The van der Waals surface area contributed by atoms with Gasteiger partial charge >= 0.3 is 0 Å². The van der Waals surface area contributed by atoms with Crippen LogP contribution in [0.3, 0.4) is 0 Å². The average Bonchev–Trinajstić information content (AvgIpc) is 2.50. The van der Waals surface area contributed by atoms with Crippen LogP contribution in [-0.4, -0.2) is 49.1 Å². The Morgan fingerprint density at radius 3 is 2.62 bits per heavy atom. The minimum atomic E-state index is -0.0402. The van der Waals surface area contributed by atoms with Gasteiger partial charge in [0, 0.05) is 32.3 Å². The van der Waals surface area contributed by atoms with Crippen LogP contribution < -0.4 is 5.32 Å². The second-order valence-corrected chi connectivity index (χ2v) is 5.16. The molecule has 0 unspecified atom stereocenters. The third-order valence-corrected chi connectivity index (χ3v) is 3.67. The van der Waals surface area contributed by atoms with Crippen molar-refractivity contribution < 1.29 is 9.53 Å². The standard InChI is InChI=1S/C15H24ClN3O2/c1-5-12(6-2)19(7-8-21-4)15(20)11-9-13(16)18-14(10-11)17-3/h9-10,12H,5-8H2,1-4H3,(H,17,18). The Bertz CT molecular complexity index is 464. The first-order chi connectivity index (χ1) is 10.1. The van der Waals surface area contributed by atoms with E-state index in [9.17, 15) is 4.79 Å². The van der Waals surface area contributed by atoms with Crippen LogP contribution in [0.5, 0.6) is 0 Å². The Kier molecular flexibility index (Phi) is 7.47. The highest BCUT2D eigenvalue weighted by atomic mass is 35.5. The van der Waals surface area contributed by atoms with Gasteiger partial charge in [0.1, 0.15) is 11.0 Å². The first-order valence-corrected chi connectivity index (χ1v) is 7.60. The van der Waals surface area contributed by atoms with Crippen molar-refractivity contribution in [3.05, 3.63) is 22.8 Å². The Balaban J connectivity index is 3.06. The maximum absolute atomic E-state index is 12.8. The molecule has 5 nitrogen and oxygen atoms in total. The lowest BCUT2D eigenvalue weighted by Gasteiger charge is -2.30. The van der Waals surface area contributed by atoms with Gasteiger partial charge in [-0.2, -0.15) is 0 Å². The molecule has 6 heteroatoms. The van der Waals surface area contributed by atoms with Crippen LogP contribution in [0.1, 0.15) is 37.0 Å². The Morgan fingerprint density at radius 1 is 1.43 bits per heavy atom. The van der Waals surface area contributed by atoms with Gasteiger partial charge in [-0.05, 0) is 25.0 Å². The summed E-state index contributed by atoms with van der Waals surface area (Å²) in [5.41, 5.74) is 0.544. The van der Waals surface area contributed by atoms with E-state index < -0.39 is 0 Å². The van der Waals surface area contributed by atoms with Crippen LogP contribution in [0.15, 0.2) is 12.1 Å². The number of carbonyl (C=O) groups excluding carboxylic acids is 1. The minimum Gasteiger partial charge on any atom is -0.383 e. The van der Waals surface area contributed by atoms with Gasteiger partial charge in [-0.3, -0.25) is 4.79 Å². The first kappa shape index (κ1) is 17.7. The Morgan fingerprint density at radius 2 is 2.10 bits per heavy atom. The summed E-state index contributed by atoms with van der Waals surface area (Å²) in [4.78, 5) is 18.7. The lowest BCUT2D eigenvalue weighted by atomic mass is 10.1. The molecule has 1 aromatic rings. The van der Waals surface area contributed by atoms with Gasteiger partial charge in [-0.1, -0.05) is 25.4 Å². The number of nitrogens with one attached hydrogen (secondary N) is 1. The summed E-state index contributed by atoms with van der Waals surface area (Å²) in [5.74, 6) is 0.545. The number of rotatable bonds is 8. The number of hydrogen-bond acceptors (Lipinski definition) is 4. The Hall–Kier alpha value is -1.33. The molecular formula is C15H24ClN3O2. The van der Waals surface area contributed by atoms with Crippen LogP contribution in [0, 0.1) is 0 Å². The van der Waals surface area contributed by atoms with Gasteiger partial charge in [-0.25, -0.2) is 4.98 Å². The molecule has 1 aromatic heterocycles. The zero-order valence-electron chi connectivity index (χ0n) is 13.1. The molecule has 21 heavy (non-hydrogen) atoms. The molecule has 0 spiro atoms. The molecule has 1 rings (SSSR count). The van der Waals surface area contributed by atoms with E-state index in [0.717, 1.165) is 12.8 Å².